The first-order chi connectivity index (χ1) is 5.58. The average molecular weight is 164 g/mol. The lowest BCUT2D eigenvalue weighted by Crippen LogP contribution is -2.13. The molecule has 2 nitrogen and oxygen atoms in total. The van der Waals surface area contributed by atoms with Crippen LogP contribution in [0.2, 0.25) is 0 Å². The Morgan fingerprint density at radius 1 is 1.42 bits per heavy atom. The van der Waals surface area contributed by atoms with Crippen LogP contribution in [-0.4, -0.2) is 6.21 Å². The summed E-state index contributed by atoms with van der Waals surface area (Å²) >= 11 is 0. The summed E-state index contributed by atoms with van der Waals surface area (Å²) in [6.07, 6.45) is 8.50. The highest BCUT2D eigenvalue weighted by Crippen LogP contribution is 2.22. The molecular weight excluding hydrogens is 148 g/mol. The fourth-order valence-corrected chi connectivity index (χ4v) is 1.10. The van der Waals surface area contributed by atoms with E-state index in [4.69, 9.17) is 0 Å². The van der Waals surface area contributed by atoms with E-state index < -0.39 is 0 Å². The smallest absolute Gasteiger partial charge is 0.0428 e. The number of nitrogens with zero attached hydrogens (tertiary/aromatic N) is 1. The lowest BCUT2D eigenvalue weighted by atomic mass is 9.90. The Labute approximate surface area is 74.1 Å². The van der Waals surface area contributed by atoms with Gasteiger partial charge in [0, 0.05) is 24.3 Å². The van der Waals surface area contributed by atoms with Gasteiger partial charge in [0.25, 0.3) is 0 Å². The predicted molar refractivity (Wildman–Crippen MR) is 52.9 cm³/mol. The van der Waals surface area contributed by atoms with Crippen molar-refractivity contribution in [3.05, 3.63) is 24.2 Å². The first-order valence-electron chi connectivity index (χ1n) is 4.22. The SMILES string of the molecule is CC(C)(C)CC1=CC=NC=CN1. The lowest BCUT2D eigenvalue weighted by molar-refractivity contribution is 0.403. The molecule has 1 heterocycles. The third-order valence-electron chi connectivity index (χ3n) is 1.51. The number of nitrogens with one attached hydrogen (secondary N) is 1. The van der Waals surface area contributed by atoms with E-state index in [2.05, 4.69) is 31.1 Å². The predicted octanol–water partition coefficient (Wildman–Crippen LogP) is 2.45. The van der Waals surface area contributed by atoms with E-state index in [-0.39, 0.29) is 0 Å². The minimum Gasteiger partial charge on any atom is -0.364 e. The Morgan fingerprint density at radius 3 is 2.83 bits per heavy atom. The van der Waals surface area contributed by atoms with Crippen LogP contribution < -0.4 is 5.32 Å². The normalized spacial score (nSPS) is 16.8. The fourth-order valence-electron chi connectivity index (χ4n) is 1.10. The van der Waals surface area contributed by atoms with E-state index in [1.54, 1.807) is 6.20 Å². The molecule has 2 heteroatoms. The standard InChI is InChI=1S/C10H16N2/c1-10(2,3)8-9-4-5-11-6-7-12-9/h4-7,12H,8H2,1-3H3. The quantitative estimate of drug-likeness (QED) is 0.632. The number of aliphatic imine (C=N–C) groups is 1. The summed E-state index contributed by atoms with van der Waals surface area (Å²) in [5.41, 5.74) is 1.55. The maximum Gasteiger partial charge on any atom is 0.0428 e. The van der Waals surface area contributed by atoms with Crippen molar-refractivity contribution in [2.75, 3.05) is 0 Å². The average Bonchev–Trinajstić information content (AvgIpc) is 2.12. The van der Waals surface area contributed by atoms with E-state index in [0.29, 0.717) is 5.41 Å². The van der Waals surface area contributed by atoms with Crippen molar-refractivity contribution in [2.45, 2.75) is 27.2 Å². The first kappa shape index (κ1) is 9.04. The maximum absolute atomic E-state index is 4.01. The highest BCUT2D eigenvalue weighted by atomic mass is 14.9. The summed E-state index contributed by atoms with van der Waals surface area (Å²) in [6, 6.07) is 0. The lowest BCUT2D eigenvalue weighted by Gasteiger charge is -2.19. The number of hydrogen-bond donors (Lipinski definition) is 1. The summed E-state index contributed by atoms with van der Waals surface area (Å²) in [4.78, 5) is 4.01. The Morgan fingerprint density at radius 2 is 2.17 bits per heavy atom. The van der Waals surface area contributed by atoms with Gasteiger partial charge in [-0.15, -0.1) is 0 Å². The molecule has 0 aliphatic carbocycles. The second-order valence-electron chi connectivity index (χ2n) is 4.19. The van der Waals surface area contributed by atoms with Gasteiger partial charge in [-0.05, 0) is 17.9 Å². The monoisotopic (exact) mass is 164 g/mol. The summed E-state index contributed by atoms with van der Waals surface area (Å²) < 4.78 is 0. The third kappa shape index (κ3) is 3.37. The van der Waals surface area contributed by atoms with Gasteiger partial charge in [-0.3, -0.25) is 4.99 Å². The number of rotatable bonds is 1. The third-order valence-corrected chi connectivity index (χ3v) is 1.51. The molecule has 0 spiro atoms. The van der Waals surface area contributed by atoms with Crippen LogP contribution in [0.5, 0.6) is 0 Å². The van der Waals surface area contributed by atoms with Gasteiger partial charge in [0.2, 0.25) is 0 Å². The molecule has 0 fully saturated rings. The van der Waals surface area contributed by atoms with Gasteiger partial charge in [-0.25, -0.2) is 0 Å². The van der Waals surface area contributed by atoms with Gasteiger partial charge >= 0.3 is 0 Å². The fraction of sp³-hybridized carbons (Fsp3) is 0.500. The summed E-state index contributed by atoms with van der Waals surface area (Å²) in [6.45, 7) is 6.67. The molecule has 1 aliphatic heterocycles. The summed E-state index contributed by atoms with van der Waals surface area (Å²) in [5.74, 6) is 0. The topological polar surface area (TPSA) is 24.4 Å². The molecule has 0 aromatic carbocycles. The molecule has 66 valence electrons. The molecule has 0 amide bonds. The van der Waals surface area contributed by atoms with E-state index in [9.17, 15) is 0 Å². The van der Waals surface area contributed by atoms with Crippen molar-refractivity contribution >= 4 is 6.21 Å². The molecule has 1 rings (SSSR count). The molecule has 0 unspecified atom stereocenters. The van der Waals surface area contributed by atoms with Crippen LogP contribution >= 0.6 is 0 Å². The van der Waals surface area contributed by atoms with E-state index in [1.807, 2.05) is 18.5 Å². The van der Waals surface area contributed by atoms with Gasteiger partial charge in [0.1, 0.15) is 0 Å². The van der Waals surface area contributed by atoms with Crippen molar-refractivity contribution < 1.29 is 0 Å². The minimum absolute atomic E-state index is 0.324. The molecule has 1 aliphatic rings. The Balaban J connectivity index is 2.58. The van der Waals surface area contributed by atoms with Crippen LogP contribution in [0.25, 0.3) is 0 Å². The number of hydrogen-bond acceptors (Lipinski definition) is 2. The highest BCUT2D eigenvalue weighted by molar-refractivity contribution is 5.73. The van der Waals surface area contributed by atoms with Crippen molar-refractivity contribution in [3.63, 3.8) is 0 Å². The Kier molecular flexibility index (Phi) is 2.69. The minimum atomic E-state index is 0.324. The first-order valence-corrected chi connectivity index (χ1v) is 4.22. The summed E-state index contributed by atoms with van der Waals surface area (Å²) in [7, 11) is 0. The molecular formula is C10H16N2. The molecule has 1 N–H and O–H groups in total. The molecule has 0 aromatic rings. The zero-order valence-electron chi connectivity index (χ0n) is 7.96. The van der Waals surface area contributed by atoms with Gasteiger partial charge in [-0.1, -0.05) is 20.8 Å². The van der Waals surface area contributed by atoms with Crippen LogP contribution in [0.15, 0.2) is 29.2 Å². The Bertz CT molecular complexity index is 229. The number of allylic oxidation sites excluding steroid dienone is 2. The molecule has 0 saturated heterocycles. The van der Waals surface area contributed by atoms with Crippen LogP contribution in [-0.2, 0) is 0 Å². The van der Waals surface area contributed by atoms with Gasteiger partial charge < -0.3 is 5.32 Å². The van der Waals surface area contributed by atoms with Crippen molar-refractivity contribution in [1.29, 1.82) is 0 Å². The van der Waals surface area contributed by atoms with Gasteiger partial charge in [0.15, 0.2) is 0 Å². The van der Waals surface area contributed by atoms with Crippen LogP contribution in [0, 0.1) is 5.41 Å². The second-order valence-corrected chi connectivity index (χ2v) is 4.19. The highest BCUT2D eigenvalue weighted by Gasteiger charge is 2.12. The zero-order chi connectivity index (χ0) is 9.03. The van der Waals surface area contributed by atoms with Crippen molar-refractivity contribution in [1.82, 2.24) is 5.32 Å². The van der Waals surface area contributed by atoms with Crippen molar-refractivity contribution in [2.24, 2.45) is 10.4 Å². The van der Waals surface area contributed by atoms with Crippen LogP contribution in [0.3, 0.4) is 0 Å². The molecule has 0 bridgehead atoms. The largest absolute Gasteiger partial charge is 0.364 e. The van der Waals surface area contributed by atoms with Gasteiger partial charge in [-0.2, -0.15) is 0 Å². The van der Waals surface area contributed by atoms with Gasteiger partial charge in [0.05, 0.1) is 0 Å². The maximum atomic E-state index is 4.01. The van der Waals surface area contributed by atoms with E-state index in [1.165, 1.54) is 5.70 Å². The molecule has 12 heavy (non-hydrogen) atoms. The van der Waals surface area contributed by atoms with E-state index in [0.717, 1.165) is 6.42 Å². The second kappa shape index (κ2) is 3.57. The molecule has 0 atom stereocenters. The zero-order valence-corrected chi connectivity index (χ0v) is 7.96. The molecule has 0 aromatic heterocycles. The van der Waals surface area contributed by atoms with E-state index >= 15 is 0 Å². The molecule has 0 saturated carbocycles. The van der Waals surface area contributed by atoms with Crippen molar-refractivity contribution in [3.8, 4) is 0 Å². The van der Waals surface area contributed by atoms with Crippen LogP contribution in [0.1, 0.15) is 27.2 Å². The molecule has 0 radical (unpaired) electrons. The van der Waals surface area contributed by atoms with Crippen LogP contribution in [0.4, 0.5) is 0 Å². The Hall–Kier alpha value is -1.05. The summed E-state index contributed by atoms with van der Waals surface area (Å²) in [5, 5.41) is 3.19.